The van der Waals surface area contributed by atoms with Gasteiger partial charge in [0.1, 0.15) is 17.6 Å². The van der Waals surface area contributed by atoms with Gasteiger partial charge in [0, 0.05) is 38.0 Å². The van der Waals surface area contributed by atoms with Crippen molar-refractivity contribution in [2.75, 3.05) is 30.8 Å². The minimum absolute atomic E-state index is 0.0153. The molecule has 3 rings (SSSR count). The molecule has 1 N–H and O–H groups in total. The first-order chi connectivity index (χ1) is 20.0. The highest BCUT2D eigenvalue weighted by Crippen LogP contribution is 2.30. The number of ether oxygens (including phenoxy) is 1. The van der Waals surface area contributed by atoms with Crippen molar-refractivity contribution in [2.45, 2.75) is 45.7 Å². The Kier molecular flexibility index (Phi) is 11.9. The monoisotopic (exact) mass is 597 g/mol. The molecule has 0 spiro atoms. The molecule has 42 heavy (non-hydrogen) atoms. The number of methoxy groups -OCH3 is 1. The van der Waals surface area contributed by atoms with Gasteiger partial charge in [-0.15, -0.1) is 0 Å². The molecule has 0 radical (unpaired) electrons. The molecule has 0 aliphatic carbocycles. The third-order valence-electron chi connectivity index (χ3n) is 6.76. The molecule has 0 saturated heterocycles. The van der Waals surface area contributed by atoms with Crippen LogP contribution in [0.4, 0.5) is 10.1 Å². The van der Waals surface area contributed by atoms with Crippen LogP contribution in [0.1, 0.15) is 37.8 Å². The van der Waals surface area contributed by atoms with Crippen molar-refractivity contribution in [3.05, 3.63) is 95.8 Å². The van der Waals surface area contributed by atoms with E-state index in [1.165, 1.54) is 22.4 Å². The van der Waals surface area contributed by atoms with Crippen molar-refractivity contribution in [3.63, 3.8) is 0 Å². The predicted octanol–water partition coefficient (Wildman–Crippen LogP) is 4.79. The van der Waals surface area contributed by atoms with Crippen LogP contribution in [0.2, 0.25) is 0 Å². The normalized spacial score (nSPS) is 12.0. The standard InChI is InChI=1S/C32H40FN3O5S/c1-24(2)22-34-32(38)29(21-25-13-6-5-7-14-25)35(23-26-15-8-9-16-27(26)33)31(37)19-12-20-36(42(4,39)40)28-17-10-11-18-30(28)41-3/h5-11,13-18,24,29H,12,19-23H2,1-4H3,(H,34,38). The molecule has 0 aliphatic heterocycles. The third-order valence-corrected chi connectivity index (χ3v) is 7.94. The zero-order valence-electron chi connectivity index (χ0n) is 24.6. The number of nitrogens with zero attached hydrogens (tertiary/aromatic N) is 2. The number of amides is 2. The number of carbonyl (C=O) groups is 2. The second kappa shape index (κ2) is 15.3. The van der Waals surface area contributed by atoms with E-state index in [2.05, 4.69) is 5.32 Å². The summed E-state index contributed by atoms with van der Waals surface area (Å²) in [5, 5.41) is 2.94. The average molecular weight is 598 g/mol. The fourth-order valence-corrected chi connectivity index (χ4v) is 5.57. The predicted molar refractivity (Wildman–Crippen MR) is 163 cm³/mol. The summed E-state index contributed by atoms with van der Waals surface area (Å²) in [7, 11) is -2.24. The topological polar surface area (TPSA) is 96.0 Å². The highest BCUT2D eigenvalue weighted by molar-refractivity contribution is 7.92. The number of carbonyl (C=O) groups excluding carboxylic acids is 2. The third kappa shape index (κ3) is 9.30. The lowest BCUT2D eigenvalue weighted by molar-refractivity contribution is -0.141. The van der Waals surface area contributed by atoms with Crippen LogP contribution in [0.5, 0.6) is 5.75 Å². The number of sulfonamides is 1. The van der Waals surface area contributed by atoms with E-state index in [1.54, 1.807) is 42.5 Å². The van der Waals surface area contributed by atoms with Crippen LogP contribution < -0.4 is 14.4 Å². The van der Waals surface area contributed by atoms with Crippen molar-refractivity contribution in [2.24, 2.45) is 5.92 Å². The Bertz CT molecular complexity index is 1430. The van der Waals surface area contributed by atoms with Crippen molar-refractivity contribution >= 4 is 27.5 Å². The Morgan fingerprint density at radius 2 is 1.60 bits per heavy atom. The molecule has 0 aliphatic rings. The molecular weight excluding hydrogens is 557 g/mol. The number of anilines is 1. The highest BCUT2D eigenvalue weighted by Gasteiger charge is 2.31. The van der Waals surface area contributed by atoms with E-state index in [1.807, 2.05) is 44.2 Å². The maximum atomic E-state index is 14.8. The number of halogens is 1. The summed E-state index contributed by atoms with van der Waals surface area (Å²) in [4.78, 5) is 28.8. The van der Waals surface area contributed by atoms with Crippen molar-refractivity contribution in [3.8, 4) is 5.75 Å². The van der Waals surface area contributed by atoms with Crippen LogP contribution in [0.25, 0.3) is 0 Å². The maximum absolute atomic E-state index is 14.8. The van der Waals surface area contributed by atoms with Gasteiger partial charge in [-0.3, -0.25) is 13.9 Å². The molecule has 3 aromatic carbocycles. The smallest absolute Gasteiger partial charge is 0.243 e. The summed E-state index contributed by atoms with van der Waals surface area (Å²) in [5.74, 6) is -0.605. The van der Waals surface area contributed by atoms with E-state index in [9.17, 15) is 22.4 Å². The van der Waals surface area contributed by atoms with Gasteiger partial charge in [0.05, 0.1) is 19.1 Å². The van der Waals surface area contributed by atoms with Crippen LogP contribution in [-0.2, 0) is 32.6 Å². The SMILES string of the molecule is COc1ccccc1N(CCCC(=O)N(Cc1ccccc1F)C(Cc1ccccc1)C(=O)NCC(C)C)S(C)(=O)=O. The number of nitrogens with one attached hydrogen (secondary N) is 1. The summed E-state index contributed by atoms with van der Waals surface area (Å²) in [6, 6.07) is 21.4. The first-order valence-corrected chi connectivity index (χ1v) is 15.8. The lowest BCUT2D eigenvalue weighted by Crippen LogP contribution is -2.51. The quantitative estimate of drug-likeness (QED) is 0.272. The molecule has 2 amide bonds. The summed E-state index contributed by atoms with van der Waals surface area (Å²) < 4.78 is 46.7. The molecule has 226 valence electrons. The molecule has 0 bridgehead atoms. The van der Waals surface area contributed by atoms with Crippen LogP contribution in [0.15, 0.2) is 78.9 Å². The number of para-hydroxylation sites is 2. The van der Waals surface area contributed by atoms with E-state index in [0.29, 0.717) is 18.0 Å². The minimum Gasteiger partial charge on any atom is -0.495 e. The number of benzene rings is 3. The average Bonchev–Trinajstić information content (AvgIpc) is 2.96. The first-order valence-electron chi connectivity index (χ1n) is 14.0. The lowest BCUT2D eigenvalue weighted by Gasteiger charge is -2.32. The molecule has 10 heteroatoms. The van der Waals surface area contributed by atoms with Crippen molar-refractivity contribution in [1.82, 2.24) is 10.2 Å². The number of hydrogen-bond donors (Lipinski definition) is 1. The van der Waals surface area contributed by atoms with Gasteiger partial charge in [-0.25, -0.2) is 12.8 Å². The van der Waals surface area contributed by atoms with Crippen LogP contribution in [-0.4, -0.2) is 57.6 Å². The highest BCUT2D eigenvalue weighted by atomic mass is 32.2. The van der Waals surface area contributed by atoms with Crippen molar-refractivity contribution in [1.29, 1.82) is 0 Å². The van der Waals surface area contributed by atoms with E-state index < -0.39 is 21.9 Å². The number of hydrogen-bond acceptors (Lipinski definition) is 5. The summed E-state index contributed by atoms with van der Waals surface area (Å²) >= 11 is 0. The van der Waals surface area contributed by atoms with E-state index >= 15 is 0 Å². The summed E-state index contributed by atoms with van der Waals surface area (Å²) in [6.07, 6.45) is 1.45. The minimum atomic E-state index is -3.69. The summed E-state index contributed by atoms with van der Waals surface area (Å²) in [5.41, 5.74) is 1.51. The molecule has 1 atom stereocenters. The molecule has 0 aromatic heterocycles. The largest absolute Gasteiger partial charge is 0.495 e. The van der Waals surface area contributed by atoms with E-state index in [-0.39, 0.29) is 55.6 Å². The number of rotatable bonds is 15. The van der Waals surface area contributed by atoms with Gasteiger partial charge < -0.3 is 15.0 Å². The molecule has 1 unspecified atom stereocenters. The Hall–Kier alpha value is -3.92. The van der Waals surface area contributed by atoms with Gasteiger partial charge in [-0.2, -0.15) is 0 Å². The fourth-order valence-electron chi connectivity index (χ4n) is 4.60. The maximum Gasteiger partial charge on any atom is 0.243 e. The van der Waals surface area contributed by atoms with Crippen LogP contribution in [0, 0.1) is 11.7 Å². The Balaban J connectivity index is 1.90. The second-order valence-corrected chi connectivity index (χ2v) is 12.5. The summed E-state index contributed by atoms with van der Waals surface area (Å²) in [6.45, 7) is 4.28. The molecule has 0 saturated carbocycles. The molecule has 0 heterocycles. The second-order valence-electron chi connectivity index (χ2n) is 10.6. The van der Waals surface area contributed by atoms with Gasteiger partial charge >= 0.3 is 0 Å². The van der Waals surface area contributed by atoms with Crippen LogP contribution in [0.3, 0.4) is 0 Å². The zero-order valence-corrected chi connectivity index (χ0v) is 25.4. The van der Waals surface area contributed by atoms with Crippen molar-refractivity contribution < 1.29 is 27.1 Å². The molecule has 0 fully saturated rings. The van der Waals surface area contributed by atoms with Gasteiger partial charge in [-0.1, -0.05) is 74.5 Å². The Morgan fingerprint density at radius 3 is 2.24 bits per heavy atom. The fraction of sp³-hybridized carbons (Fsp3) is 0.375. The Labute approximate surface area is 248 Å². The van der Waals surface area contributed by atoms with Gasteiger partial charge in [0.25, 0.3) is 0 Å². The lowest BCUT2D eigenvalue weighted by atomic mass is 10.0. The van der Waals surface area contributed by atoms with Gasteiger partial charge in [0.2, 0.25) is 21.8 Å². The van der Waals surface area contributed by atoms with Gasteiger partial charge in [-0.05, 0) is 36.1 Å². The molecule has 3 aromatic rings. The van der Waals surface area contributed by atoms with Crippen LogP contribution >= 0.6 is 0 Å². The molecular formula is C32H40FN3O5S. The Morgan fingerprint density at radius 1 is 0.952 bits per heavy atom. The van der Waals surface area contributed by atoms with Gasteiger partial charge in [0.15, 0.2) is 0 Å². The van der Waals surface area contributed by atoms with E-state index in [0.717, 1.165) is 11.8 Å². The zero-order chi connectivity index (χ0) is 30.7. The van der Waals surface area contributed by atoms with E-state index in [4.69, 9.17) is 4.74 Å². The molecule has 8 nitrogen and oxygen atoms in total. The first kappa shape index (κ1) is 32.6.